The highest BCUT2D eigenvalue weighted by Crippen LogP contribution is 2.36. The molecule has 0 atom stereocenters. The van der Waals surface area contributed by atoms with E-state index in [1.807, 2.05) is 4.90 Å². The molecule has 0 saturated carbocycles. The molecule has 7 heteroatoms. The molecule has 92 valence electrons. The molecule has 0 N–H and O–H groups in total. The molecule has 0 radical (unpaired) electrons. The molecule has 0 amide bonds. The minimum atomic E-state index is -3.59. The van der Waals surface area contributed by atoms with E-state index in [0.29, 0.717) is 5.69 Å². The van der Waals surface area contributed by atoms with Crippen molar-refractivity contribution in [2.75, 3.05) is 24.2 Å². The second kappa shape index (κ2) is 3.99. The Morgan fingerprint density at radius 3 is 2.41 bits per heavy atom. The van der Waals surface area contributed by atoms with E-state index in [0.717, 1.165) is 25.8 Å². The van der Waals surface area contributed by atoms with Crippen LogP contribution in [0.1, 0.15) is 6.42 Å². The molecule has 1 heterocycles. The van der Waals surface area contributed by atoms with Crippen LogP contribution in [0.2, 0.25) is 0 Å². The SMILES string of the molecule is CS(=O)(=O)c1cccc(N2CCC2)c1[N+](=O)[O-]. The summed E-state index contributed by atoms with van der Waals surface area (Å²) < 4.78 is 23.0. The van der Waals surface area contributed by atoms with Gasteiger partial charge in [0.15, 0.2) is 9.84 Å². The summed E-state index contributed by atoms with van der Waals surface area (Å²) >= 11 is 0. The molecule has 1 fully saturated rings. The molecule has 2 rings (SSSR count). The number of hydrogen-bond donors (Lipinski definition) is 0. The van der Waals surface area contributed by atoms with Gasteiger partial charge in [0.1, 0.15) is 10.6 Å². The Morgan fingerprint density at radius 1 is 1.35 bits per heavy atom. The summed E-state index contributed by atoms with van der Waals surface area (Å²) in [4.78, 5) is 12.0. The first-order valence-corrected chi connectivity index (χ1v) is 7.03. The van der Waals surface area contributed by atoms with Gasteiger partial charge in [0.2, 0.25) is 0 Å². The van der Waals surface area contributed by atoms with Gasteiger partial charge in [-0.25, -0.2) is 8.42 Å². The summed E-state index contributed by atoms with van der Waals surface area (Å²) in [5.41, 5.74) is 0.0823. The molecule has 1 aromatic rings. The van der Waals surface area contributed by atoms with Crippen molar-refractivity contribution in [1.29, 1.82) is 0 Å². The molecule has 1 aliphatic rings. The smallest absolute Gasteiger partial charge is 0.311 e. The number of hydrogen-bond acceptors (Lipinski definition) is 5. The Morgan fingerprint density at radius 2 is 2.00 bits per heavy atom. The first-order valence-electron chi connectivity index (χ1n) is 5.13. The zero-order valence-corrected chi connectivity index (χ0v) is 10.1. The van der Waals surface area contributed by atoms with Gasteiger partial charge in [-0.3, -0.25) is 10.1 Å². The Hall–Kier alpha value is -1.63. The summed E-state index contributed by atoms with van der Waals surface area (Å²) in [6, 6.07) is 4.40. The molecule has 0 aliphatic carbocycles. The molecule has 0 bridgehead atoms. The average molecular weight is 256 g/mol. The largest absolute Gasteiger partial charge is 0.366 e. The van der Waals surface area contributed by atoms with Gasteiger partial charge < -0.3 is 4.90 Å². The van der Waals surface area contributed by atoms with Crippen LogP contribution in [0, 0.1) is 10.1 Å². The van der Waals surface area contributed by atoms with Crippen molar-refractivity contribution < 1.29 is 13.3 Å². The van der Waals surface area contributed by atoms with Crippen LogP contribution in [-0.4, -0.2) is 32.7 Å². The molecule has 1 saturated heterocycles. The number of rotatable bonds is 3. The van der Waals surface area contributed by atoms with Crippen molar-refractivity contribution in [3.8, 4) is 0 Å². The minimum Gasteiger partial charge on any atom is -0.366 e. The second-order valence-electron chi connectivity index (χ2n) is 3.99. The van der Waals surface area contributed by atoms with Gasteiger partial charge in [0, 0.05) is 19.3 Å². The second-order valence-corrected chi connectivity index (χ2v) is 5.98. The topological polar surface area (TPSA) is 80.5 Å². The number of sulfone groups is 1. The van der Waals surface area contributed by atoms with Crippen molar-refractivity contribution in [2.24, 2.45) is 0 Å². The van der Waals surface area contributed by atoms with Crippen LogP contribution in [0.15, 0.2) is 23.1 Å². The lowest BCUT2D eigenvalue weighted by Gasteiger charge is -2.32. The molecular formula is C10H12N2O4S. The summed E-state index contributed by atoms with van der Waals surface area (Å²) in [6.07, 6.45) is 1.95. The van der Waals surface area contributed by atoms with Gasteiger partial charge in [-0.05, 0) is 18.6 Å². The van der Waals surface area contributed by atoms with E-state index in [9.17, 15) is 18.5 Å². The van der Waals surface area contributed by atoms with Crippen LogP contribution < -0.4 is 4.90 Å². The van der Waals surface area contributed by atoms with Crippen molar-refractivity contribution >= 4 is 21.2 Å². The Kier molecular flexibility index (Phi) is 2.78. The highest BCUT2D eigenvalue weighted by atomic mass is 32.2. The summed E-state index contributed by atoms with van der Waals surface area (Å²) in [5, 5.41) is 11.0. The van der Waals surface area contributed by atoms with Crippen molar-refractivity contribution in [1.82, 2.24) is 0 Å². The molecule has 0 aromatic heterocycles. The van der Waals surface area contributed by atoms with E-state index in [4.69, 9.17) is 0 Å². The summed E-state index contributed by atoms with van der Waals surface area (Å²) in [5.74, 6) is 0. The number of nitrogens with zero attached hydrogens (tertiary/aromatic N) is 2. The van der Waals surface area contributed by atoms with E-state index in [1.165, 1.54) is 12.1 Å². The van der Waals surface area contributed by atoms with E-state index in [1.54, 1.807) is 6.07 Å². The fraction of sp³-hybridized carbons (Fsp3) is 0.400. The van der Waals surface area contributed by atoms with Gasteiger partial charge in [0.05, 0.1) is 4.92 Å². The van der Waals surface area contributed by atoms with Crippen molar-refractivity contribution in [2.45, 2.75) is 11.3 Å². The third-order valence-electron chi connectivity index (χ3n) is 2.76. The highest BCUT2D eigenvalue weighted by Gasteiger charge is 2.30. The summed E-state index contributed by atoms with van der Waals surface area (Å²) in [6.45, 7) is 1.46. The van der Waals surface area contributed by atoms with Gasteiger partial charge >= 0.3 is 5.69 Å². The predicted octanol–water partition coefficient (Wildman–Crippen LogP) is 1.21. The number of para-hydroxylation sites is 1. The number of nitro groups is 1. The maximum atomic E-state index is 11.5. The zero-order chi connectivity index (χ0) is 12.6. The Balaban J connectivity index is 2.65. The monoisotopic (exact) mass is 256 g/mol. The van der Waals surface area contributed by atoms with Crippen LogP contribution in [0.4, 0.5) is 11.4 Å². The average Bonchev–Trinajstić information content (AvgIpc) is 2.12. The fourth-order valence-corrected chi connectivity index (χ4v) is 2.66. The van der Waals surface area contributed by atoms with Crippen LogP contribution >= 0.6 is 0 Å². The first-order chi connectivity index (χ1) is 7.91. The normalized spacial score (nSPS) is 15.5. The van der Waals surface area contributed by atoms with Gasteiger partial charge in [-0.2, -0.15) is 0 Å². The maximum absolute atomic E-state index is 11.5. The molecule has 1 aromatic carbocycles. The van der Waals surface area contributed by atoms with Gasteiger partial charge in [0.25, 0.3) is 0 Å². The third-order valence-corrected chi connectivity index (χ3v) is 3.88. The maximum Gasteiger partial charge on any atom is 0.311 e. The standard InChI is InChI=1S/C10H12N2O4S/c1-17(15,16)9-5-2-4-8(10(9)12(13)14)11-6-3-7-11/h2,4-5H,3,6-7H2,1H3. The first kappa shape index (κ1) is 11.8. The molecule has 17 heavy (non-hydrogen) atoms. The van der Waals surface area contributed by atoms with Crippen LogP contribution in [-0.2, 0) is 9.84 Å². The molecular weight excluding hydrogens is 244 g/mol. The van der Waals surface area contributed by atoms with Crippen LogP contribution in [0.25, 0.3) is 0 Å². The van der Waals surface area contributed by atoms with E-state index in [2.05, 4.69) is 0 Å². The molecule has 0 spiro atoms. The highest BCUT2D eigenvalue weighted by molar-refractivity contribution is 7.90. The van der Waals surface area contributed by atoms with Crippen molar-refractivity contribution in [3.05, 3.63) is 28.3 Å². The number of benzene rings is 1. The third kappa shape index (κ3) is 2.10. The number of nitro benzene ring substituents is 1. The Bertz CT molecular complexity index is 564. The molecule has 1 aliphatic heterocycles. The van der Waals surface area contributed by atoms with Crippen LogP contribution in [0.3, 0.4) is 0 Å². The van der Waals surface area contributed by atoms with Crippen LogP contribution in [0.5, 0.6) is 0 Å². The fourth-order valence-electron chi connectivity index (χ4n) is 1.81. The van der Waals surface area contributed by atoms with E-state index < -0.39 is 14.8 Å². The lowest BCUT2D eigenvalue weighted by molar-refractivity contribution is -0.387. The number of anilines is 1. The minimum absolute atomic E-state index is 0.216. The van der Waals surface area contributed by atoms with E-state index in [-0.39, 0.29) is 10.6 Å². The van der Waals surface area contributed by atoms with Crippen molar-refractivity contribution in [3.63, 3.8) is 0 Å². The van der Waals surface area contributed by atoms with Gasteiger partial charge in [-0.15, -0.1) is 0 Å². The molecule has 0 unspecified atom stereocenters. The lowest BCUT2D eigenvalue weighted by Crippen LogP contribution is -2.37. The zero-order valence-electron chi connectivity index (χ0n) is 9.29. The molecule has 6 nitrogen and oxygen atoms in total. The summed E-state index contributed by atoms with van der Waals surface area (Å²) in [7, 11) is -3.59. The predicted molar refractivity (Wildman–Crippen MR) is 63.0 cm³/mol. The van der Waals surface area contributed by atoms with Gasteiger partial charge in [-0.1, -0.05) is 6.07 Å². The quantitative estimate of drug-likeness (QED) is 0.599. The lowest BCUT2D eigenvalue weighted by atomic mass is 10.1. The Labute approximate surface area is 98.9 Å². The van der Waals surface area contributed by atoms with E-state index >= 15 is 0 Å².